The first-order valence-electron chi connectivity index (χ1n) is 5.60. The Kier molecular flexibility index (Phi) is 4.08. The lowest BCUT2D eigenvalue weighted by atomic mass is 10.1. The van der Waals surface area contributed by atoms with Crippen LogP contribution in [0.25, 0.3) is 10.9 Å². The fraction of sp³-hybridized carbons (Fsp3) is 0.231. The zero-order valence-electron chi connectivity index (χ0n) is 10.3. The number of hydrogen-bond acceptors (Lipinski definition) is 5. The first kappa shape index (κ1) is 13.8. The van der Waals surface area contributed by atoms with Crippen LogP contribution >= 0.6 is 11.8 Å². The van der Waals surface area contributed by atoms with E-state index in [1.165, 1.54) is 18.0 Å². The van der Waals surface area contributed by atoms with Gasteiger partial charge in [-0.25, -0.2) is 13.4 Å². The van der Waals surface area contributed by atoms with Crippen molar-refractivity contribution < 1.29 is 8.42 Å². The maximum Gasteiger partial charge on any atom is 0.148 e. The summed E-state index contributed by atoms with van der Waals surface area (Å²) in [5.41, 5.74) is 1.32. The van der Waals surface area contributed by atoms with Crippen LogP contribution in [0.15, 0.2) is 35.4 Å². The van der Waals surface area contributed by atoms with Gasteiger partial charge in [0, 0.05) is 17.4 Å². The van der Waals surface area contributed by atoms with E-state index >= 15 is 0 Å². The molecule has 1 aromatic heterocycles. The Morgan fingerprint density at radius 1 is 1.37 bits per heavy atom. The Hall–Kier alpha value is -1.58. The minimum Gasteiger partial charge on any atom is -0.241 e. The highest BCUT2D eigenvalue weighted by molar-refractivity contribution is 8.00. The molecule has 0 bridgehead atoms. The molecule has 1 aromatic carbocycles. The van der Waals surface area contributed by atoms with Crippen LogP contribution in [0.2, 0.25) is 0 Å². The van der Waals surface area contributed by atoms with Crippen LogP contribution < -0.4 is 0 Å². The third kappa shape index (κ3) is 3.69. The number of nitriles is 1. The third-order valence-electron chi connectivity index (χ3n) is 2.52. The molecule has 0 atom stereocenters. The van der Waals surface area contributed by atoms with Gasteiger partial charge in [0.25, 0.3) is 0 Å². The van der Waals surface area contributed by atoms with Crippen molar-refractivity contribution in [2.45, 2.75) is 5.03 Å². The van der Waals surface area contributed by atoms with Gasteiger partial charge in [-0.15, -0.1) is 11.8 Å². The molecule has 19 heavy (non-hydrogen) atoms. The normalized spacial score (nSPS) is 11.4. The Morgan fingerprint density at radius 3 is 2.79 bits per heavy atom. The summed E-state index contributed by atoms with van der Waals surface area (Å²) in [7, 11) is -2.97. The second-order valence-corrected chi connectivity index (χ2v) is 7.49. The van der Waals surface area contributed by atoms with Gasteiger partial charge in [0.2, 0.25) is 0 Å². The molecule has 0 aliphatic carbocycles. The van der Waals surface area contributed by atoms with E-state index in [-0.39, 0.29) is 5.75 Å². The highest BCUT2D eigenvalue weighted by Crippen LogP contribution is 2.23. The molecule has 0 amide bonds. The molecule has 98 valence electrons. The lowest BCUT2D eigenvalue weighted by molar-refractivity contribution is 0.603. The molecule has 6 heteroatoms. The maximum absolute atomic E-state index is 11.1. The highest BCUT2D eigenvalue weighted by Gasteiger charge is 2.07. The van der Waals surface area contributed by atoms with Crippen LogP contribution in [0.1, 0.15) is 5.56 Å². The zero-order chi connectivity index (χ0) is 13.9. The summed E-state index contributed by atoms with van der Waals surface area (Å²) >= 11 is 1.35. The van der Waals surface area contributed by atoms with Crippen LogP contribution in [0.5, 0.6) is 0 Å². The van der Waals surface area contributed by atoms with E-state index in [0.29, 0.717) is 16.3 Å². The number of aromatic nitrogens is 1. The lowest BCUT2D eigenvalue weighted by Gasteiger charge is -2.04. The molecule has 0 unspecified atom stereocenters. The summed E-state index contributed by atoms with van der Waals surface area (Å²) in [6.07, 6.45) is 1.21. The number of nitrogens with zero attached hydrogens (tertiary/aromatic N) is 2. The maximum atomic E-state index is 11.1. The molecular formula is C13H12N2O2S2. The fourth-order valence-electron chi connectivity index (χ4n) is 1.62. The van der Waals surface area contributed by atoms with Gasteiger partial charge in [-0.3, -0.25) is 0 Å². The molecule has 0 saturated carbocycles. The van der Waals surface area contributed by atoms with Gasteiger partial charge >= 0.3 is 0 Å². The SMILES string of the molecule is CS(=O)(=O)CCSc1cc(C#N)c2ccccc2n1. The molecular weight excluding hydrogens is 280 g/mol. The number of thioether (sulfide) groups is 1. The van der Waals surface area contributed by atoms with E-state index in [1.54, 1.807) is 6.07 Å². The molecule has 0 saturated heterocycles. The van der Waals surface area contributed by atoms with Gasteiger partial charge in [-0.2, -0.15) is 5.26 Å². The lowest BCUT2D eigenvalue weighted by Crippen LogP contribution is -2.05. The second kappa shape index (κ2) is 5.59. The van der Waals surface area contributed by atoms with Crippen molar-refractivity contribution in [3.05, 3.63) is 35.9 Å². The van der Waals surface area contributed by atoms with E-state index in [4.69, 9.17) is 5.26 Å². The summed E-state index contributed by atoms with van der Waals surface area (Å²) in [5, 5.41) is 10.6. The van der Waals surface area contributed by atoms with Crippen molar-refractivity contribution in [3.63, 3.8) is 0 Å². The van der Waals surface area contributed by atoms with Crippen LogP contribution in [0, 0.1) is 11.3 Å². The van der Waals surface area contributed by atoms with Gasteiger partial charge < -0.3 is 0 Å². The van der Waals surface area contributed by atoms with Gasteiger partial charge in [0.05, 0.1) is 27.9 Å². The van der Waals surface area contributed by atoms with Gasteiger partial charge in [0.1, 0.15) is 9.84 Å². The van der Waals surface area contributed by atoms with E-state index in [1.807, 2.05) is 24.3 Å². The van der Waals surface area contributed by atoms with Crippen LogP contribution in [0.3, 0.4) is 0 Å². The Morgan fingerprint density at radius 2 is 2.11 bits per heavy atom. The van der Waals surface area contributed by atoms with Crippen molar-refractivity contribution in [2.24, 2.45) is 0 Å². The van der Waals surface area contributed by atoms with Crippen LogP contribution in [-0.2, 0) is 9.84 Å². The van der Waals surface area contributed by atoms with E-state index < -0.39 is 9.84 Å². The zero-order valence-corrected chi connectivity index (χ0v) is 12.0. The number of pyridine rings is 1. The number of benzene rings is 1. The predicted octanol–water partition coefficient (Wildman–Crippen LogP) is 2.24. The largest absolute Gasteiger partial charge is 0.241 e. The van der Waals surface area contributed by atoms with Crippen molar-refractivity contribution in [2.75, 3.05) is 17.8 Å². The molecule has 0 aliphatic heterocycles. The second-order valence-electron chi connectivity index (χ2n) is 4.12. The Bertz CT molecular complexity index is 749. The molecule has 0 radical (unpaired) electrons. The smallest absolute Gasteiger partial charge is 0.148 e. The molecule has 1 heterocycles. The van der Waals surface area contributed by atoms with Gasteiger partial charge in [0.15, 0.2) is 0 Å². The van der Waals surface area contributed by atoms with Gasteiger partial charge in [-0.1, -0.05) is 18.2 Å². The average Bonchev–Trinajstić information content (AvgIpc) is 2.36. The summed E-state index contributed by atoms with van der Waals surface area (Å²) in [6, 6.07) is 11.3. The fourth-order valence-corrected chi connectivity index (χ4v) is 3.73. The number of hydrogen-bond donors (Lipinski definition) is 0. The molecule has 0 N–H and O–H groups in total. The van der Waals surface area contributed by atoms with E-state index in [0.717, 1.165) is 10.9 Å². The summed E-state index contributed by atoms with van der Waals surface area (Å²) in [5.74, 6) is 0.545. The van der Waals surface area contributed by atoms with Crippen LogP contribution in [-0.4, -0.2) is 31.2 Å². The van der Waals surface area contributed by atoms with Crippen molar-refractivity contribution in [3.8, 4) is 6.07 Å². The van der Waals surface area contributed by atoms with E-state index in [2.05, 4.69) is 11.1 Å². The summed E-state index contributed by atoms with van der Waals surface area (Å²) in [6.45, 7) is 0. The van der Waals surface area contributed by atoms with Crippen molar-refractivity contribution in [1.29, 1.82) is 5.26 Å². The number of rotatable bonds is 4. The first-order valence-corrected chi connectivity index (χ1v) is 8.64. The molecule has 0 spiro atoms. The third-order valence-corrected chi connectivity index (χ3v) is 4.63. The monoisotopic (exact) mass is 292 g/mol. The first-order chi connectivity index (χ1) is 8.99. The predicted molar refractivity (Wildman–Crippen MR) is 76.9 cm³/mol. The Balaban J connectivity index is 2.28. The number of sulfone groups is 1. The highest BCUT2D eigenvalue weighted by atomic mass is 32.2. The quantitative estimate of drug-likeness (QED) is 0.808. The summed E-state index contributed by atoms with van der Waals surface area (Å²) < 4.78 is 22.1. The van der Waals surface area contributed by atoms with Gasteiger partial charge in [-0.05, 0) is 12.1 Å². The van der Waals surface area contributed by atoms with Crippen molar-refractivity contribution >= 4 is 32.5 Å². The molecule has 4 nitrogen and oxygen atoms in total. The number of fused-ring (bicyclic) bond motifs is 1. The van der Waals surface area contributed by atoms with Crippen LogP contribution in [0.4, 0.5) is 0 Å². The Labute approximate surface area is 116 Å². The van der Waals surface area contributed by atoms with Crippen molar-refractivity contribution in [1.82, 2.24) is 4.98 Å². The topological polar surface area (TPSA) is 70.8 Å². The molecule has 2 rings (SSSR count). The standard InChI is InChI=1S/C13H12N2O2S2/c1-19(16,17)7-6-18-13-8-10(9-14)11-4-2-3-5-12(11)15-13/h2-5,8H,6-7H2,1H3. The molecule has 0 fully saturated rings. The average molecular weight is 292 g/mol. The minimum atomic E-state index is -2.97. The minimum absolute atomic E-state index is 0.105. The summed E-state index contributed by atoms with van der Waals surface area (Å²) in [4.78, 5) is 4.42. The molecule has 0 aliphatic rings. The van der Waals surface area contributed by atoms with E-state index in [9.17, 15) is 8.42 Å². The number of para-hydroxylation sites is 1. The molecule has 2 aromatic rings.